The summed E-state index contributed by atoms with van der Waals surface area (Å²) in [5.41, 5.74) is 5.16. The Bertz CT molecular complexity index is 520. The molecular weight excluding hydrogens is 228 g/mol. The van der Waals surface area contributed by atoms with Crippen LogP contribution in [0.2, 0.25) is 0 Å². The van der Waals surface area contributed by atoms with Gasteiger partial charge in [-0.25, -0.2) is 0 Å². The summed E-state index contributed by atoms with van der Waals surface area (Å²) in [6.45, 7) is 7.03. The van der Waals surface area contributed by atoms with E-state index in [0.29, 0.717) is 17.3 Å². The molecule has 0 saturated heterocycles. The van der Waals surface area contributed by atoms with E-state index in [4.69, 9.17) is 0 Å². The molecule has 0 saturated carbocycles. The lowest BCUT2D eigenvalue weighted by molar-refractivity contribution is 0.257. The maximum absolute atomic E-state index is 2.55. The predicted octanol–water partition coefficient (Wildman–Crippen LogP) is 5.48. The Morgan fingerprint density at radius 3 is 2.47 bits per heavy atom. The second-order valence-electron chi connectivity index (χ2n) is 6.18. The first-order valence-corrected chi connectivity index (χ1v) is 7.65. The van der Waals surface area contributed by atoms with Crippen LogP contribution in [-0.2, 0) is 0 Å². The van der Waals surface area contributed by atoms with E-state index < -0.39 is 0 Å². The molecule has 1 aromatic rings. The Labute approximate surface area is 117 Å². The van der Waals surface area contributed by atoms with Crippen molar-refractivity contribution in [1.82, 2.24) is 0 Å². The lowest BCUT2D eigenvalue weighted by Crippen LogP contribution is -2.32. The van der Waals surface area contributed by atoms with Crippen LogP contribution in [0.15, 0.2) is 53.6 Å². The van der Waals surface area contributed by atoms with Gasteiger partial charge in [-0.2, -0.15) is 0 Å². The first-order chi connectivity index (χ1) is 9.21. The number of hydrogen-bond donors (Lipinski definition) is 0. The standard InChI is InChI=1S/C19H24/c1-4-17-12-15-11-14(3)18(19(17,5-2)13-15)16-9-7-6-8-10-16/h6-12,15,18H,4-5,13H2,1-3H3/t15-,18+,19-/m0/s1. The smallest absolute Gasteiger partial charge is 0.0139 e. The highest BCUT2D eigenvalue weighted by molar-refractivity contribution is 5.43. The minimum Gasteiger partial charge on any atom is -0.0780 e. The molecule has 0 radical (unpaired) electrons. The van der Waals surface area contributed by atoms with Gasteiger partial charge in [-0.15, -0.1) is 0 Å². The highest BCUT2D eigenvalue weighted by Crippen LogP contribution is 2.60. The highest BCUT2D eigenvalue weighted by atomic mass is 14.5. The minimum absolute atomic E-state index is 0.388. The largest absolute Gasteiger partial charge is 0.0780 e. The van der Waals surface area contributed by atoms with Gasteiger partial charge in [0.2, 0.25) is 0 Å². The van der Waals surface area contributed by atoms with Crippen molar-refractivity contribution in [3.8, 4) is 0 Å². The third-order valence-corrected chi connectivity index (χ3v) is 5.28. The molecule has 3 atom stereocenters. The van der Waals surface area contributed by atoms with E-state index in [1.165, 1.54) is 24.8 Å². The Balaban J connectivity index is 2.13. The van der Waals surface area contributed by atoms with Crippen LogP contribution in [0.1, 0.15) is 51.5 Å². The third kappa shape index (κ3) is 1.81. The van der Waals surface area contributed by atoms with Crippen molar-refractivity contribution < 1.29 is 0 Å². The SMILES string of the molecule is CCC1=C[C@@H]2C=C(C)[C@H](c3ccccc3)[C@@]1(CC)C2. The van der Waals surface area contributed by atoms with Crippen LogP contribution in [0.4, 0.5) is 0 Å². The Kier molecular flexibility index (Phi) is 3.12. The zero-order valence-corrected chi connectivity index (χ0v) is 12.3. The maximum Gasteiger partial charge on any atom is 0.0139 e. The van der Waals surface area contributed by atoms with E-state index in [9.17, 15) is 0 Å². The molecule has 3 rings (SSSR count). The van der Waals surface area contributed by atoms with Gasteiger partial charge in [0.25, 0.3) is 0 Å². The van der Waals surface area contributed by atoms with Gasteiger partial charge in [0.1, 0.15) is 0 Å². The fourth-order valence-electron chi connectivity index (χ4n) is 4.59. The van der Waals surface area contributed by atoms with Crippen molar-refractivity contribution in [3.05, 3.63) is 59.2 Å². The summed E-state index contributed by atoms with van der Waals surface area (Å²) in [5.74, 6) is 1.28. The van der Waals surface area contributed by atoms with Crippen molar-refractivity contribution in [3.63, 3.8) is 0 Å². The van der Waals surface area contributed by atoms with Gasteiger partial charge in [0, 0.05) is 11.3 Å². The Morgan fingerprint density at radius 2 is 1.84 bits per heavy atom. The molecule has 1 aromatic carbocycles. The molecule has 2 aliphatic carbocycles. The number of benzene rings is 1. The summed E-state index contributed by atoms with van der Waals surface area (Å²) in [7, 11) is 0. The summed E-state index contributed by atoms with van der Waals surface area (Å²) in [5, 5.41) is 0. The second-order valence-corrected chi connectivity index (χ2v) is 6.18. The van der Waals surface area contributed by atoms with Crippen LogP contribution in [0, 0.1) is 11.3 Å². The quantitative estimate of drug-likeness (QED) is 0.625. The zero-order valence-electron chi connectivity index (χ0n) is 12.3. The van der Waals surface area contributed by atoms with Gasteiger partial charge in [-0.05, 0) is 37.7 Å². The van der Waals surface area contributed by atoms with Crippen LogP contribution in [0.3, 0.4) is 0 Å². The van der Waals surface area contributed by atoms with Crippen LogP contribution in [-0.4, -0.2) is 0 Å². The monoisotopic (exact) mass is 252 g/mol. The van der Waals surface area contributed by atoms with Crippen molar-refractivity contribution in [1.29, 1.82) is 0 Å². The molecule has 2 bridgehead atoms. The summed E-state index contributed by atoms with van der Waals surface area (Å²) in [6, 6.07) is 11.1. The molecule has 0 fully saturated rings. The second kappa shape index (κ2) is 4.67. The van der Waals surface area contributed by atoms with Crippen molar-refractivity contribution >= 4 is 0 Å². The molecular formula is C19H24. The average Bonchev–Trinajstić information content (AvgIpc) is 2.73. The summed E-state index contributed by atoms with van der Waals surface area (Å²) < 4.78 is 0. The predicted molar refractivity (Wildman–Crippen MR) is 82.1 cm³/mol. The topological polar surface area (TPSA) is 0 Å². The molecule has 100 valence electrons. The molecule has 0 aromatic heterocycles. The fourth-order valence-corrected chi connectivity index (χ4v) is 4.59. The third-order valence-electron chi connectivity index (χ3n) is 5.28. The minimum atomic E-state index is 0.388. The van der Waals surface area contributed by atoms with Gasteiger partial charge in [0.05, 0.1) is 0 Å². The molecule has 0 N–H and O–H groups in total. The molecule has 0 unspecified atom stereocenters. The molecule has 0 amide bonds. The van der Waals surface area contributed by atoms with Gasteiger partial charge in [-0.3, -0.25) is 0 Å². The fraction of sp³-hybridized carbons (Fsp3) is 0.474. The van der Waals surface area contributed by atoms with E-state index in [2.05, 4.69) is 63.3 Å². The van der Waals surface area contributed by atoms with Gasteiger partial charge >= 0.3 is 0 Å². The van der Waals surface area contributed by atoms with E-state index in [1.807, 2.05) is 0 Å². The number of rotatable bonds is 3. The molecule has 0 heterocycles. The number of allylic oxidation sites excluding steroid dienone is 4. The normalized spacial score (nSPS) is 33.0. The summed E-state index contributed by atoms with van der Waals surface area (Å²) in [6.07, 6.45) is 8.84. The average molecular weight is 252 g/mol. The maximum atomic E-state index is 2.55. The first-order valence-electron chi connectivity index (χ1n) is 7.65. The summed E-state index contributed by atoms with van der Waals surface area (Å²) in [4.78, 5) is 0. The van der Waals surface area contributed by atoms with Gasteiger partial charge < -0.3 is 0 Å². The van der Waals surface area contributed by atoms with E-state index in [1.54, 1.807) is 11.1 Å². The zero-order chi connectivity index (χ0) is 13.5. The molecule has 0 nitrogen and oxygen atoms in total. The highest BCUT2D eigenvalue weighted by Gasteiger charge is 2.48. The van der Waals surface area contributed by atoms with Crippen molar-refractivity contribution in [2.45, 2.75) is 46.0 Å². The Morgan fingerprint density at radius 1 is 1.11 bits per heavy atom. The van der Waals surface area contributed by atoms with E-state index >= 15 is 0 Å². The number of hydrogen-bond acceptors (Lipinski definition) is 0. The van der Waals surface area contributed by atoms with Crippen molar-refractivity contribution in [2.24, 2.45) is 11.3 Å². The van der Waals surface area contributed by atoms with Crippen LogP contribution in [0.5, 0.6) is 0 Å². The van der Waals surface area contributed by atoms with Crippen LogP contribution >= 0.6 is 0 Å². The van der Waals surface area contributed by atoms with E-state index in [-0.39, 0.29) is 0 Å². The Hall–Kier alpha value is -1.30. The van der Waals surface area contributed by atoms with Crippen molar-refractivity contribution in [2.75, 3.05) is 0 Å². The molecule has 0 spiro atoms. The first kappa shape index (κ1) is 12.7. The van der Waals surface area contributed by atoms with Crippen LogP contribution in [0.25, 0.3) is 0 Å². The molecule has 19 heavy (non-hydrogen) atoms. The molecule has 2 aliphatic rings. The van der Waals surface area contributed by atoms with Gasteiger partial charge in [0.15, 0.2) is 0 Å². The lowest BCUT2D eigenvalue weighted by Gasteiger charge is -2.43. The lowest BCUT2D eigenvalue weighted by atomic mass is 9.60. The summed E-state index contributed by atoms with van der Waals surface area (Å²) >= 11 is 0. The molecule has 0 aliphatic heterocycles. The number of fused-ring (bicyclic) bond motifs is 2. The van der Waals surface area contributed by atoms with Crippen LogP contribution < -0.4 is 0 Å². The molecule has 0 heteroatoms. The van der Waals surface area contributed by atoms with Gasteiger partial charge in [-0.1, -0.05) is 67.5 Å². The van der Waals surface area contributed by atoms with E-state index in [0.717, 1.165) is 0 Å².